The van der Waals surface area contributed by atoms with Gasteiger partial charge in [-0.15, -0.1) is 0 Å². The number of nitrogens with one attached hydrogen (secondary N) is 2. The summed E-state index contributed by atoms with van der Waals surface area (Å²) < 4.78 is 1.58. The zero-order chi connectivity index (χ0) is 17.5. The molecule has 1 aromatic carbocycles. The van der Waals surface area contributed by atoms with E-state index in [9.17, 15) is 14.7 Å². The van der Waals surface area contributed by atoms with Crippen LogP contribution in [0.25, 0.3) is 0 Å². The first-order chi connectivity index (χ1) is 11.5. The first kappa shape index (κ1) is 17.6. The van der Waals surface area contributed by atoms with Crippen LogP contribution >= 0.6 is 12.2 Å². The highest BCUT2D eigenvalue weighted by Gasteiger charge is 2.11. The van der Waals surface area contributed by atoms with Crippen molar-refractivity contribution < 1.29 is 9.90 Å². The summed E-state index contributed by atoms with van der Waals surface area (Å²) >= 11 is 5.05. The van der Waals surface area contributed by atoms with E-state index in [1.54, 1.807) is 30.3 Å². The summed E-state index contributed by atoms with van der Waals surface area (Å²) in [5.41, 5.74) is 2.12. The van der Waals surface area contributed by atoms with Crippen molar-refractivity contribution in [2.45, 2.75) is 26.3 Å². The zero-order valence-corrected chi connectivity index (χ0v) is 14.0. The molecule has 0 radical (unpaired) electrons. The Balaban J connectivity index is 2.21. The number of aromatic amines is 1. The minimum absolute atomic E-state index is 0.0620. The number of carbonyl (C=O) groups excluding carboxylic acids is 1. The Hall–Kier alpha value is -2.74. The van der Waals surface area contributed by atoms with E-state index in [-0.39, 0.29) is 16.2 Å². The largest absolute Gasteiger partial charge is 0.494 e. The standard InChI is InChI=1S/C16H18N4O3S/c1-2-3-9-20-15(23)12(14(22)18-16(20)24)10-17-19-13(21)11-7-5-4-6-8-11/h4-8,10,23H,2-3,9H2,1H3,(H,19,21)(H,18,22,24). The van der Waals surface area contributed by atoms with E-state index >= 15 is 0 Å². The molecule has 0 aliphatic rings. The number of hydrogen-bond donors (Lipinski definition) is 3. The number of carbonyl (C=O) groups is 1. The molecule has 2 rings (SSSR count). The lowest BCUT2D eigenvalue weighted by molar-refractivity contribution is 0.0955. The molecule has 126 valence electrons. The highest BCUT2D eigenvalue weighted by molar-refractivity contribution is 7.71. The van der Waals surface area contributed by atoms with Crippen LogP contribution in [0.15, 0.2) is 40.2 Å². The summed E-state index contributed by atoms with van der Waals surface area (Å²) in [5, 5.41) is 14.0. The van der Waals surface area contributed by atoms with Crippen LogP contribution < -0.4 is 11.0 Å². The van der Waals surface area contributed by atoms with Crippen LogP contribution in [0.5, 0.6) is 5.88 Å². The normalized spacial score (nSPS) is 10.9. The number of aromatic hydroxyl groups is 1. The Morgan fingerprint density at radius 3 is 2.79 bits per heavy atom. The fourth-order valence-electron chi connectivity index (χ4n) is 2.02. The maximum atomic E-state index is 11.9. The van der Waals surface area contributed by atoms with Gasteiger partial charge >= 0.3 is 0 Å². The van der Waals surface area contributed by atoms with Gasteiger partial charge in [-0.25, -0.2) is 5.43 Å². The Kier molecular flexibility index (Phi) is 6.02. The lowest BCUT2D eigenvalue weighted by atomic mass is 10.2. The highest BCUT2D eigenvalue weighted by atomic mass is 32.1. The molecule has 8 heteroatoms. The molecule has 0 unspecified atom stereocenters. The van der Waals surface area contributed by atoms with E-state index in [0.717, 1.165) is 19.1 Å². The molecule has 0 atom stereocenters. The van der Waals surface area contributed by atoms with Gasteiger partial charge in [0.1, 0.15) is 5.56 Å². The van der Waals surface area contributed by atoms with Crippen LogP contribution in [-0.2, 0) is 6.54 Å². The van der Waals surface area contributed by atoms with E-state index in [1.165, 1.54) is 4.57 Å². The topological polar surface area (TPSA) is 99.5 Å². The van der Waals surface area contributed by atoms with E-state index in [0.29, 0.717) is 12.1 Å². The monoisotopic (exact) mass is 346 g/mol. The fourth-order valence-corrected chi connectivity index (χ4v) is 2.30. The fraction of sp³-hybridized carbons (Fsp3) is 0.250. The summed E-state index contributed by atoms with van der Waals surface area (Å²) in [5.74, 6) is -0.684. The molecule has 0 saturated heterocycles. The second-order valence-electron chi connectivity index (χ2n) is 5.07. The third-order valence-electron chi connectivity index (χ3n) is 3.34. The quantitative estimate of drug-likeness (QED) is 0.424. The van der Waals surface area contributed by atoms with Crippen molar-refractivity contribution in [1.82, 2.24) is 15.0 Å². The van der Waals surface area contributed by atoms with Crippen LogP contribution in [0.4, 0.5) is 0 Å². The van der Waals surface area contributed by atoms with E-state index in [1.807, 2.05) is 6.92 Å². The molecule has 0 fully saturated rings. The molecule has 0 aliphatic heterocycles. The Bertz CT molecular complexity index is 856. The van der Waals surface area contributed by atoms with Gasteiger partial charge in [0.2, 0.25) is 5.88 Å². The van der Waals surface area contributed by atoms with Crippen LogP contribution in [0, 0.1) is 4.77 Å². The van der Waals surface area contributed by atoms with E-state index in [4.69, 9.17) is 12.2 Å². The summed E-state index contributed by atoms with van der Waals surface area (Å²) in [7, 11) is 0. The average Bonchev–Trinajstić information content (AvgIpc) is 2.58. The molecular formula is C16H18N4O3S. The minimum atomic E-state index is -0.567. The predicted molar refractivity (Wildman–Crippen MR) is 94.0 cm³/mol. The molecule has 0 spiro atoms. The second-order valence-corrected chi connectivity index (χ2v) is 5.45. The van der Waals surface area contributed by atoms with Gasteiger partial charge in [-0.05, 0) is 30.8 Å². The third-order valence-corrected chi connectivity index (χ3v) is 3.66. The van der Waals surface area contributed by atoms with Gasteiger partial charge in [-0.2, -0.15) is 5.10 Å². The number of H-pyrrole nitrogens is 1. The van der Waals surface area contributed by atoms with Crippen molar-refractivity contribution in [3.05, 3.63) is 56.6 Å². The molecule has 1 heterocycles. The molecular weight excluding hydrogens is 328 g/mol. The molecule has 0 aliphatic carbocycles. The van der Waals surface area contributed by atoms with Crippen molar-refractivity contribution in [3.8, 4) is 5.88 Å². The summed E-state index contributed by atoms with van der Waals surface area (Å²) in [4.78, 5) is 26.3. The van der Waals surface area contributed by atoms with Gasteiger partial charge in [-0.3, -0.25) is 19.1 Å². The second kappa shape index (κ2) is 8.21. The molecule has 1 aromatic heterocycles. The van der Waals surface area contributed by atoms with Crippen LogP contribution in [0.1, 0.15) is 35.7 Å². The SMILES string of the molecule is CCCCn1c(O)c(C=NNC(=O)c2ccccc2)c(=O)[nH]c1=S. The van der Waals surface area contributed by atoms with E-state index in [2.05, 4.69) is 15.5 Å². The molecule has 24 heavy (non-hydrogen) atoms. The number of unbranched alkanes of at least 4 members (excludes halogenated alkanes) is 1. The maximum Gasteiger partial charge on any atom is 0.271 e. The smallest absolute Gasteiger partial charge is 0.271 e. The summed E-state index contributed by atoms with van der Waals surface area (Å²) in [6, 6.07) is 8.53. The molecule has 1 amide bonds. The number of aromatic nitrogens is 2. The summed E-state index contributed by atoms with van der Waals surface area (Å²) in [6.07, 6.45) is 2.82. The first-order valence-corrected chi connectivity index (χ1v) is 7.90. The lowest BCUT2D eigenvalue weighted by Crippen LogP contribution is -2.21. The van der Waals surface area contributed by atoms with Crippen LogP contribution in [-0.4, -0.2) is 26.8 Å². The highest BCUT2D eigenvalue weighted by Crippen LogP contribution is 2.12. The number of rotatable bonds is 6. The number of benzene rings is 1. The molecule has 0 bridgehead atoms. The van der Waals surface area contributed by atoms with Crippen molar-refractivity contribution in [1.29, 1.82) is 0 Å². The van der Waals surface area contributed by atoms with E-state index < -0.39 is 11.5 Å². The number of hydrogen-bond acceptors (Lipinski definition) is 5. The number of nitrogens with zero attached hydrogens (tertiary/aromatic N) is 2. The van der Waals surface area contributed by atoms with Crippen molar-refractivity contribution in [2.75, 3.05) is 0 Å². The van der Waals surface area contributed by atoms with Crippen molar-refractivity contribution >= 4 is 24.3 Å². The molecule has 0 saturated carbocycles. The van der Waals surface area contributed by atoms with Gasteiger partial charge in [0.25, 0.3) is 11.5 Å². The molecule has 3 N–H and O–H groups in total. The van der Waals surface area contributed by atoms with Gasteiger partial charge < -0.3 is 5.11 Å². The van der Waals surface area contributed by atoms with Gasteiger partial charge in [0.15, 0.2) is 4.77 Å². The van der Waals surface area contributed by atoms with Crippen LogP contribution in [0.3, 0.4) is 0 Å². The van der Waals surface area contributed by atoms with Gasteiger partial charge in [-0.1, -0.05) is 31.5 Å². The average molecular weight is 346 g/mol. The first-order valence-electron chi connectivity index (χ1n) is 7.49. The van der Waals surface area contributed by atoms with Crippen molar-refractivity contribution in [3.63, 3.8) is 0 Å². The Labute approximate surface area is 143 Å². The maximum absolute atomic E-state index is 11.9. The van der Waals surface area contributed by atoms with Crippen LogP contribution in [0.2, 0.25) is 0 Å². The minimum Gasteiger partial charge on any atom is -0.494 e. The number of hydrazone groups is 1. The number of amides is 1. The zero-order valence-electron chi connectivity index (χ0n) is 13.2. The predicted octanol–water partition coefficient (Wildman–Crippen LogP) is 2.18. The molecule has 7 nitrogen and oxygen atoms in total. The third kappa shape index (κ3) is 4.17. The molecule has 2 aromatic rings. The Morgan fingerprint density at radius 2 is 2.12 bits per heavy atom. The lowest BCUT2D eigenvalue weighted by Gasteiger charge is -2.10. The van der Waals surface area contributed by atoms with Gasteiger partial charge in [0, 0.05) is 12.1 Å². The summed E-state index contributed by atoms with van der Waals surface area (Å²) in [6.45, 7) is 2.49. The Morgan fingerprint density at radius 1 is 1.42 bits per heavy atom. The van der Waals surface area contributed by atoms with Gasteiger partial charge in [0.05, 0.1) is 6.21 Å². The van der Waals surface area contributed by atoms with Crippen molar-refractivity contribution in [2.24, 2.45) is 5.10 Å².